The Hall–Kier alpha value is -4.45. The number of aryl methyl sites for hydroxylation is 1. The van der Waals surface area contributed by atoms with Crippen LogP contribution in [0.5, 0.6) is 11.6 Å². The largest absolute Gasteiger partial charge is 0.497 e. The van der Waals surface area contributed by atoms with Crippen LogP contribution in [0.25, 0.3) is 16.9 Å². The van der Waals surface area contributed by atoms with E-state index in [4.69, 9.17) is 71.1 Å². The molecule has 2 aromatic heterocycles. The first kappa shape index (κ1) is 75.7. The number of aromatic hydroxyl groups is 1. The summed E-state index contributed by atoms with van der Waals surface area (Å²) in [5, 5.41) is 239. The normalized spacial score (nSPS) is 45.6. The highest BCUT2D eigenvalue weighted by molar-refractivity contribution is 5.76. The average Bonchev–Trinajstić information content (AvgIpc) is 1.46. The Morgan fingerprint density at radius 3 is 0.990 bits per heavy atom. The van der Waals surface area contributed by atoms with Crippen LogP contribution in [0.15, 0.2) is 36.7 Å². The molecule has 21 saturated heterocycles. The van der Waals surface area contributed by atoms with Crippen molar-refractivity contribution in [3.05, 3.63) is 42.4 Å². The number of aliphatic hydroxyl groups excluding tert-OH is 20. The van der Waals surface area contributed by atoms with Crippen LogP contribution in [0.2, 0.25) is 0 Å². The number of nitrogens with one attached hydrogen (secondary N) is 1. The molecule has 0 unspecified atom stereocenters. The molecule has 41 heteroatoms. The maximum Gasteiger partial charge on any atom is 0.220 e. The van der Waals surface area contributed by atoms with Crippen molar-refractivity contribution in [1.82, 2.24) is 19.7 Å². The van der Waals surface area contributed by atoms with Crippen molar-refractivity contribution in [1.29, 1.82) is 0 Å². The highest BCUT2D eigenvalue weighted by Gasteiger charge is 2.60. The van der Waals surface area contributed by atoms with E-state index >= 15 is 0 Å². The standard InChI is InChI=1S/C58H84N4O37/c1-85-18-4-2-17(3-5-18)20-10-62-28(9-59-20)61-19(51(62)84)6-7-29(69)60-8-21-44-30(70)37(77)52(86-21)94-45-22(11-63)88-54(39(79)32(45)72)96-47-24(13-65)90-56(41(81)34(47)74)98-49-26(15-67)92-58(43(83)36(49)76)99-50-27(16-68)91-57(42(82)35(50)75)97-48-25(14-66)89-55(40(80)33(48)73)95-46-23(12-64)87-53(93-44)38(78)31(46)71/h2-5,9-10,21-27,30-50,52-58,63-68,70-84H,6-8,11-16H2,1H3,(H,60,69)/t21-,22-,23-,24-,25-,26-,27-,30-,31-,32-,33-,34-,35-,36-,37-,38-,39-,40-,41-,42-,43-,44-,45-,46-,47-,48-,49-,50-,52-,53-,54-,55-,56-,57-,58-/m1/s1. The number of methoxy groups -OCH3 is 1. The number of hydrogen-bond acceptors (Lipinski definition) is 39. The number of aliphatic hydroxyl groups is 20. The predicted molar refractivity (Wildman–Crippen MR) is 309 cm³/mol. The van der Waals surface area contributed by atoms with Gasteiger partial charge < -0.3 is 184 Å². The summed E-state index contributed by atoms with van der Waals surface area (Å²) in [6, 6.07) is 6.93. The minimum absolute atomic E-state index is 0.0635. The number of aromatic nitrogens is 3. The molecule has 21 aliphatic heterocycles. The molecule has 1 aromatic carbocycles. The Bertz CT molecular complexity index is 3080. The maximum absolute atomic E-state index is 13.8. The molecule has 24 rings (SSSR count). The van der Waals surface area contributed by atoms with Crippen molar-refractivity contribution in [2.75, 3.05) is 53.3 Å². The lowest BCUT2D eigenvalue weighted by atomic mass is 9.95. The number of benzene rings is 1. The van der Waals surface area contributed by atoms with Crippen LogP contribution in [-0.4, -0.2) is 396 Å². The zero-order valence-corrected chi connectivity index (χ0v) is 52.3. The number of hydrogen-bond donors (Lipinski definition) is 22. The van der Waals surface area contributed by atoms with Crippen LogP contribution in [0.3, 0.4) is 0 Å². The lowest BCUT2D eigenvalue weighted by Crippen LogP contribution is -2.68. The summed E-state index contributed by atoms with van der Waals surface area (Å²) < 4.78 is 88.0. The highest BCUT2D eigenvalue weighted by Crippen LogP contribution is 2.40. The van der Waals surface area contributed by atoms with E-state index in [0.717, 1.165) is 0 Å². The number of fused-ring (bicyclic) bond motifs is 1. The van der Waals surface area contributed by atoms with Crippen molar-refractivity contribution in [2.45, 2.75) is 228 Å². The molecule has 0 aliphatic carbocycles. The molecular formula is C58H84N4O37. The Morgan fingerprint density at radius 2 is 0.707 bits per heavy atom. The molecule has 22 N–H and O–H groups in total. The van der Waals surface area contributed by atoms with Gasteiger partial charge in [-0.3, -0.25) is 14.2 Å². The molecule has 0 radical (unpaired) electrons. The van der Waals surface area contributed by atoms with Gasteiger partial charge >= 0.3 is 0 Å². The SMILES string of the molecule is COc1ccc(-c2cn3c(O)c(CCC(=O)NC[C@H]4O[C@@H]5O[C@H]6[C@H](O)[C@@H](O)[C@@H](O[C@H]7[C@H](O)[C@@H](O)[C@@H](O[C@H]8[C@H](O)[C@@H](O)[C@@H](O[C@H]9[C@H](O)[C@@H](O)[C@@H](O[C@H]%10[C@H](O)[C@@H](O)[C@@H](O[C@H]%11[C@H](O)[C@@H](O)[C@@H](O[C@H]4[C@H](O)[C@H]5O)O[C@@H]%11CO)O[C@@H]%10CO)O[C@@H]9CO)O[C@@H]8CO)O[C@@H]7CO)O[C@@H]6CO)nc3cn2)cc1. The van der Waals surface area contributed by atoms with Crippen LogP contribution in [0, 0.1) is 0 Å². The van der Waals surface area contributed by atoms with E-state index in [1.54, 1.807) is 24.3 Å². The summed E-state index contributed by atoms with van der Waals surface area (Å²) in [6.45, 7) is -7.22. The molecule has 35 atom stereocenters. The summed E-state index contributed by atoms with van der Waals surface area (Å²) >= 11 is 0. The van der Waals surface area contributed by atoms with E-state index in [2.05, 4.69) is 15.3 Å². The first-order chi connectivity index (χ1) is 47.4. The van der Waals surface area contributed by atoms with Gasteiger partial charge in [0.15, 0.2) is 49.7 Å². The van der Waals surface area contributed by atoms with Crippen LogP contribution in [-0.2, 0) is 77.5 Å². The summed E-state index contributed by atoms with van der Waals surface area (Å²) in [4.78, 5) is 22.6. The number of rotatable bonds is 13. The van der Waals surface area contributed by atoms with E-state index in [1.165, 1.54) is 23.9 Å². The van der Waals surface area contributed by atoms with Crippen LogP contribution in [0.1, 0.15) is 12.1 Å². The zero-order valence-electron chi connectivity index (χ0n) is 52.3. The van der Waals surface area contributed by atoms with Crippen molar-refractivity contribution in [3.63, 3.8) is 0 Å². The van der Waals surface area contributed by atoms with Crippen molar-refractivity contribution in [2.24, 2.45) is 0 Å². The average molecular weight is 1430 g/mol. The van der Waals surface area contributed by atoms with Gasteiger partial charge in [-0.2, -0.15) is 0 Å². The van der Waals surface area contributed by atoms with E-state index in [-0.39, 0.29) is 30.1 Å². The second kappa shape index (κ2) is 32.3. The molecule has 558 valence electrons. The molecule has 21 fully saturated rings. The molecule has 1 amide bonds. The zero-order chi connectivity index (χ0) is 71.2. The quantitative estimate of drug-likeness (QED) is 0.0756. The van der Waals surface area contributed by atoms with Crippen molar-refractivity contribution >= 4 is 11.6 Å². The maximum atomic E-state index is 13.8. The smallest absolute Gasteiger partial charge is 0.220 e. The summed E-state index contributed by atoms with van der Waals surface area (Å²) in [5.74, 6) is -0.500. The van der Waals surface area contributed by atoms with Crippen molar-refractivity contribution in [3.8, 4) is 22.9 Å². The highest BCUT2D eigenvalue weighted by atomic mass is 16.8. The third kappa shape index (κ3) is 15.3. The Kier molecular flexibility index (Phi) is 24.7. The summed E-state index contributed by atoms with van der Waals surface area (Å²) in [7, 11) is 1.51. The number of ether oxygens (including phenoxy) is 15. The van der Waals surface area contributed by atoms with Gasteiger partial charge in [0.1, 0.15) is 182 Å². The van der Waals surface area contributed by atoms with Crippen LogP contribution >= 0.6 is 0 Å². The minimum atomic E-state index is -2.31. The van der Waals surface area contributed by atoms with E-state index in [0.29, 0.717) is 17.0 Å². The Labute approximate surface area is 559 Å². The molecular weight excluding hydrogens is 1340 g/mol. The minimum Gasteiger partial charge on any atom is -0.497 e. The fourth-order valence-corrected chi connectivity index (χ4v) is 13.0. The molecule has 0 saturated carbocycles. The van der Waals surface area contributed by atoms with Gasteiger partial charge in [-0.15, -0.1) is 0 Å². The van der Waals surface area contributed by atoms with E-state index < -0.39 is 267 Å². The molecule has 0 spiro atoms. The molecule has 3 aromatic rings. The van der Waals surface area contributed by atoms with Gasteiger partial charge in [0, 0.05) is 31.1 Å². The lowest BCUT2D eigenvalue weighted by molar-refractivity contribution is -0.396. The number of amides is 1. The first-order valence-corrected chi connectivity index (χ1v) is 31.7. The second-order valence-electron chi connectivity index (χ2n) is 24.9. The molecule has 14 bridgehead atoms. The summed E-state index contributed by atoms with van der Waals surface area (Å²) in [6.07, 6.45) is -70.0. The topological polar surface area (TPSA) is 623 Å². The Balaban J connectivity index is 0.863. The Morgan fingerprint density at radius 1 is 0.424 bits per heavy atom. The second-order valence-corrected chi connectivity index (χ2v) is 24.9. The third-order valence-electron chi connectivity index (χ3n) is 18.6. The number of nitrogens with zero attached hydrogens (tertiary/aromatic N) is 3. The van der Waals surface area contributed by atoms with Gasteiger partial charge in [0.2, 0.25) is 11.8 Å². The van der Waals surface area contributed by atoms with Gasteiger partial charge in [0.05, 0.1) is 58.6 Å². The van der Waals surface area contributed by atoms with E-state index in [9.17, 15) is 112 Å². The molecule has 41 nitrogen and oxygen atoms in total. The van der Waals surface area contributed by atoms with Gasteiger partial charge in [-0.1, -0.05) is 0 Å². The summed E-state index contributed by atoms with van der Waals surface area (Å²) in [5.41, 5.74) is 1.41. The van der Waals surface area contributed by atoms with Crippen LogP contribution in [0.4, 0.5) is 0 Å². The van der Waals surface area contributed by atoms with Gasteiger partial charge in [-0.05, 0) is 24.3 Å². The fourth-order valence-electron chi connectivity index (χ4n) is 13.0. The van der Waals surface area contributed by atoms with Gasteiger partial charge in [0.25, 0.3) is 0 Å². The number of carbonyl (C=O) groups excluding carboxylic acids is 1. The molecule has 23 heterocycles. The lowest BCUT2D eigenvalue weighted by Gasteiger charge is -2.50. The molecule has 21 aliphatic rings. The molecule has 99 heavy (non-hydrogen) atoms. The van der Waals surface area contributed by atoms with E-state index in [1.807, 2.05) is 0 Å². The number of carbonyl (C=O) groups is 1. The van der Waals surface area contributed by atoms with Crippen LogP contribution < -0.4 is 10.1 Å². The van der Waals surface area contributed by atoms with Crippen molar-refractivity contribution < 1.29 is 183 Å². The fraction of sp³-hybridized carbons (Fsp3) is 0.776. The predicted octanol–water partition coefficient (Wildman–Crippen LogP) is -13.1. The van der Waals surface area contributed by atoms with Gasteiger partial charge in [-0.25, -0.2) is 4.98 Å². The monoisotopic (exact) mass is 1430 g/mol. The number of imidazole rings is 1. The third-order valence-corrected chi connectivity index (χ3v) is 18.6. The first-order valence-electron chi connectivity index (χ1n) is 31.7.